The molecule has 1 aromatic rings. The zero-order chi connectivity index (χ0) is 18.8. The third kappa shape index (κ3) is 6.95. The number of hydrogen-bond acceptors (Lipinski definition) is 3. The number of carboxylic acid groups (broad SMARTS) is 1. The number of aryl methyl sites for hydroxylation is 1. The van der Waals surface area contributed by atoms with Crippen molar-refractivity contribution in [2.75, 3.05) is 13.1 Å². The van der Waals surface area contributed by atoms with Crippen molar-refractivity contribution in [3.8, 4) is 0 Å². The van der Waals surface area contributed by atoms with E-state index in [2.05, 4.69) is 5.32 Å². The summed E-state index contributed by atoms with van der Waals surface area (Å²) in [5.74, 6) is -1.16. The van der Waals surface area contributed by atoms with Crippen LogP contribution in [0.3, 0.4) is 0 Å². The maximum absolute atomic E-state index is 12.2. The number of carboxylic acids is 1. The second-order valence-electron chi connectivity index (χ2n) is 5.99. The minimum Gasteiger partial charge on any atom is -0.481 e. The van der Waals surface area contributed by atoms with E-state index in [1.165, 1.54) is 0 Å². The second kappa shape index (κ2) is 10.5. The lowest BCUT2D eigenvalue weighted by molar-refractivity contribution is -0.137. The fourth-order valence-corrected chi connectivity index (χ4v) is 2.79. The summed E-state index contributed by atoms with van der Waals surface area (Å²) in [4.78, 5) is 37.0. The molecule has 0 aromatic heterocycles. The Balaban J connectivity index is 2.60. The van der Waals surface area contributed by atoms with Crippen LogP contribution in [-0.4, -0.2) is 40.9 Å². The largest absolute Gasteiger partial charge is 0.481 e. The van der Waals surface area contributed by atoms with Crippen molar-refractivity contribution in [1.29, 1.82) is 0 Å². The van der Waals surface area contributed by atoms with E-state index in [0.29, 0.717) is 25.9 Å². The molecule has 0 saturated carbocycles. The summed E-state index contributed by atoms with van der Waals surface area (Å²) in [6.45, 7) is 7.06. The van der Waals surface area contributed by atoms with Crippen LogP contribution in [0.4, 0.5) is 0 Å². The molecule has 6 heteroatoms. The molecule has 1 rings (SSSR count). The normalized spacial score (nSPS) is 11.6. The summed E-state index contributed by atoms with van der Waals surface area (Å²) in [7, 11) is 0. The Hall–Kier alpha value is -2.37. The molecule has 0 spiro atoms. The number of amides is 2. The lowest BCUT2D eigenvalue weighted by Gasteiger charge is -2.20. The quantitative estimate of drug-likeness (QED) is 0.680. The molecule has 6 nitrogen and oxygen atoms in total. The van der Waals surface area contributed by atoms with Gasteiger partial charge in [0.2, 0.25) is 11.8 Å². The van der Waals surface area contributed by atoms with Crippen LogP contribution in [0.2, 0.25) is 0 Å². The summed E-state index contributed by atoms with van der Waals surface area (Å²) in [6.07, 6.45) is 0.807. The van der Waals surface area contributed by atoms with E-state index in [4.69, 9.17) is 5.11 Å². The highest BCUT2D eigenvalue weighted by Gasteiger charge is 2.19. The van der Waals surface area contributed by atoms with Crippen LogP contribution in [0, 0.1) is 6.92 Å². The van der Waals surface area contributed by atoms with E-state index in [1.54, 1.807) is 4.90 Å². The van der Waals surface area contributed by atoms with Gasteiger partial charge in [0.15, 0.2) is 0 Å². The summed E-state index contributed by atoms with van der Waals surface area (Å²) >= 11 is 0. The van der Waals surface area contributed by atoms with Gasteiger partial charge in [-0.15, -0.1) is 0 Å². The zero-order valence-electron chi connectivity index (χ0n) is 15.2. The van der Waals surface area contributed by atoms with Gasteiger partial charge in [-0.25, -0.2) is 0 Å². The van der Waals surface area contributed by atoms with Gasteiger partial charge in [0.1, 0.15) is 0 Å². The minimum absolute atomic E-state index is 0.0405. The highest BCUT2D eigenvalue weighted by Crippen LogP contribution is 2.21. The lowest BCUT2D eigenvalue weighted by atomic mass is 9.98. The molecule has 0 bridgehead atoms. The predicted molar refractivity (Wildman–Crippen MR) is 96.1 cm³/mol. The fourth-order valence-electron chi connectivity index (χ4n) is 2.79. The summed E-state index contributed by atoms with van der Waals surface area (Å²) in [5.41, 5.74) is 1.74. The Kier molecular flexibility index (Phi) is 8.67. The number of aliphatic carboxylic acids is 1. The minimum atomic E-state index is -0.967. The van der Waals surface area contributed by atoms with Crippen molar-refractivity contribution >= 4 is 17.8 Å². The number of carbonyl (C=O) groups excluding carboxylic acids is 2. The summed E-state index contributed by atoms with van der Waals surface area (Å²) < 4.78 is 0. The number of hydrogen-bond donors (Lipinski definition) is 2. The van der Waals surface area contributed by atoms with Crippen molar-refractivity contribution < 1.29 is 19.5 Å². The molecule has 0 saturated heterocycles. The van der Waals surface area contributed by atoms with Crippen LogP contribution in [0.5, 0.6) is 0 Å². The predicted octanol–water partition coefficient (Wildman–Crippen LogP) is 2.67. The molecule has 1 atom stereocenters. The van der Waals surface area contributed by atoms with E-state index in [-0.39, 0.29) is 24.7 Å². The topological polar surface area (TPSA) is 86.7 Å². The maximum Gasteiger partial charge on any atom is 0.305 e. The van der Waals surface area contributed by atoms with Gasteiger partial charge in [-0.1, -0.05) is 24.3 Å². The maximum atomic E-state index is 12.2. The molecule has 0 aliphatic rings. The Morgan fingerprint density at radius 1 is 1.12 bits per heavy atom. The average Bonchev–Trinajstić information content (AvgIpc) is 2.55. The molecule has 25 heavy (non-hydrogen) atoms. The summed E-state index contributed by atoms with van der Waals surface area (Å²) in [6, 6.07) is 6.85. The first kappa shape index (κ1) is 20.7. The molecule has 2 amide bonds. The molecule has 1 aromatic carbocycles. The highest BCUT2D eigenvalue weighted by molar-refractivity contribution is 5.80. The van der Waals surface area contributed by atoms with Crippen molar-refractivity contribution in [1.82, 2.24) is 10.2 Å². The number of nitrogens with one attached hydrogen (secondary N) is 1. The summed E-state index contributed by atoms with van der Waals surface area (Å²) in [5, 5.41) is 11.9. The second-order valence-corrected chi connectivity index (χ2v) is 5.99. The van der Waals surface area contributed by atoms with E-state index in [1.807, 2.05) is 45.0 Å². The van der Waals surface area contributed by atoms with Gasteiger partial charge in [-0.05, 0) is 38.3 Å². The standard InChI is InChI=1S/C19H28N2O4/c1-4-21(5-2)18(23)12-8-11-17(22)20-16(13-19(24)25)15-10-7-6-9-14(15)3/h6-7,9-10,16H,4-5,8,11-13H2,1-3H3,(H,20,22)(H,24,25). The van der Waals surface area contributed by atoms with Crippen molar-refractivity contribution in [2.24, 2.45) is 0 Å². The van der Waals surface area contributed by atoms with Gasteiger partial charge in [-0.3, -0.25) is 14.4 Å². The van der Waals surface area contributed by atoms with Crippen LogP contribution in [0.25, 0.3) is 0 Å². The van der Waals surface area contributed by atoms with Crippen molar-refractivity contribution in [3.63, 3.8) is 0 Å². The molecule has 2 N–H and O–H groups in total. The zero-order valence-corrected chi connectivity index (χ0v) is 15.2. The third-order valence-electron chi connectivity index (χ3n) is 4.19. The average molecular weight is 348 g/mol. The first-order valence-corrected chi connectivity index (χ1v) is 8.73. The van der Waals surface area contributed by atoms with Gasteiger partial charge < -0.3 is 15.3 Å². The van der Waals surface area contributed by atoms with Gasteiger partial charge in [0, 0.05) is 25.9 Å². The van der Waals surface area contributed by atoms with E-state index in [9.17, 15) is 14.4 Å². The number of carbonyl (C=O) groups is 3. The molecular formula is C19H28N2O4. The van der Waals surface area contributed by atoms with Crippen LogP contribution in [0.1, 0.15) is 56.7 Å². The third-order valence-corrected chi connectivity index (χ3v) is 4.19. The van der Waals surface area contributed by atoms with E-state index in [0.717, 1.165) is 11.1 Å². The van der Waals surface area contributed by atoms with E-state index >= 15 is 0 Å². The van der Waals surface area contributed by atoms with Crippen LogP contribution in [0.15, 0.2) is 24.3 Å². The van der Waals surface area contributed by atoms with Crippen molar-refractivity contribution in [2.45, 2.75) is 52.5 Å². The molecular weight excluding hydrogens is 320 g/mol. The Morgan fingerprint density at radius 3 is 2.32 bits per heavy atom. The molecule has 0 aliphatic heterocycles. The van der Waals surface area contributed by atoms with Crippen LogP contribution in [-0.2, 0) is 14.4 Å². The lowest BCUT2D eigenvalue weighted by Crippen LogP contribution is -2.32. The Bertz CT molecular complexity index is 597. The monoisotopic (exact) mass is 348 g/mol. The molecule has 0 heterocycles. The number of benzene rings is 1. The first-order valence-electron chi connectivity index (χ1n) is 8.73. The SMILES string of the molecule is CCN(CC)C(=O)CCCC(=O)NC(CC(=O)O)c1ccccc1C. The van der Waals surface area contributed by atoms with Crippen LogP contribution < -0.4 is 5.32 Å². The molecule has 0 fully saturated rings. The Morgan fingerprint density at radius 2 is 1.76 bits per heavy atom. The molecule has 0 radical (unpaired) electrons. The van der Waals surface area contributed by atoms with E-state index < -0.39 is 12.0 Å². The fraction of sp³-hybridized carbons (Fsp3) is 0.526. The van der Waals surface area contributed by atoms with Crippen molar-refractivity contribution in [3.05, 3.63) is 35.4 Å². The Labute approximate surface area is 149 Å². The first-order chi connectivity index (χ1) is 11.9. The van der Waals surface area contributed by atoms with Gasteiger partial charge in [0.05, 0.1) is 12.5 Å². The van der Waals surface area contributed by atoms with Crippen LogP contribution >= 0.6 is 0 Å². The molecule has 138 valence electrons. The molecule has 0 aliphatic carbocycles. The number of nitrogens with zero attached hydrogens (tertiary/aromatic N) is 1. The van der Waals surface area contributed by atoms with Gasteiger partial charge in [-0.2, -0.15) is 0 Å². The van der Waals surface area contributed by atoms with Gasteiger partial charge in [0.25, 0.3) is 0 Å². The smallest absolute Gasteiger partial charge is 0.305 e. The molecule has 1 unspecified atom stereocenters. The highest BCUT2D eigenvalue weighted by atomic mass is 16.4. The van der Waals surface area contributed by atoms with Gasteiger partial charge >= 0.3 is 5.97 Å². The number of rotatable bonds is 10.